The largest absolute Gasteiger partial charge is 0.508 e. The normalized spacial score (nSPS) is 24.5. The van der Waals surface area contributed by atoms with Gasteiger partial charge in [-0.1, -0.05) is 12.1 Å². The smallest absolute Gasteiger partial charge is 0.115 e. The quantitative estimate of drug-likeness (QED) is 0.908. The van der Waals surface area contributed by atoms with Gasteiger partial charge < -0.3 is 14.6 Å². The van der Waals surface area contributed by atoms with Crippen LogP contribution >= 0.6 is 0 Å². The molecule has 3 rings (SSSR count). The van der Waals surface area contributed by atoms with Crippen molar-refractivity contribution < 1.29 is 14.6 Å². The molecule has 1 unspecified atom stereocenters. The van der Waals surface area contributed by atoms with Crippen molar-refractivity contribution in [2.75, 3.05) is 26.3 Å². The number of piperidine rings is 1. The van der Waals surface area contributed by atoms with Crippen LogP contribution in [0.25, 0.3) is 0 Å². The van der Waals surface area contributed by atoms with E-state index < -0.39 is 0 Å². The Morgan fingerprint density at radius 2 is 1.86 bits per heavy atom. The van der Waals surface area contributed by atoms with Crippen molar-refractivity contribution in [3.63, 3.8) is 0 Å². The van der Waals surface area contributed by atoms with Gasteiger partial charge in [-0.3, -0.25) is 4.90 Å². The monoisotopic (exact) mass is 305 g/mol. The summed E-state index contributed by atoms with van der Waals surface area (Å²) in [6, 6.07) is 7.52. The maximum absolute atomic E-state index is 9.32. The van der Waals surface area contributed by atoms with Crippen LogP contribution in [0.3, 0.4) is 0 Å². The Morgan fingerprint density at radius 3 is 2.55 bits per heavy atom. The lowest BCUT2D eigenvalue weighted by molar-refractivity contribution is -0.0753. The van der Waals surface area contributed by atoms with E-state index in [1.165, 1.54) is 18.4 Å². The summed E-state index contributed by atoms with van der Waals surface area (Å²) in [5.74, 6) is 0.334. The fourth-order valence-electron chi connectivity index (χ4n) is 3.28. The second-order valence-corrected chi connectivity index (χ2v) is 6.46. The zero-order chi connectivity index (χ0) is 15.2. The summed E-state index contributed by atoms with van der Waals surface area (Å²) < 4.78 is 11.8. The molecular formula is C18H27NO3. The molecule has 2 aliphatic rings. The molecule has 1 aromatic rings. The van der Waals surface area contributed by atoms with Gasteiger partial charge in [-0.25, -0.2) is 0 Å². The Balaban J connectivity index is 1.36. The van der Waals surface area contributed by atoms with Crippen LogP contribution in [-0.2, 0) is 16.0 Å². The molecule has 2 aliphatic heterocycles. The lowest BCUT2D eigenvalue weighted by Gasteiger charge is -2.33. The minimum atomic E-state index is 0.323. The van der Waals surface area contributed by atoms with Crippen molar-refractivity contribution in [2.24, 2.45) is 0 Å². The van der Waals surface area contributed by atoms with Crippen LogP contribution in [0.4, 0.5) is 0 Å². The van der Waals surface area contributed by atoms with E-state index in [-0.39, 0.29) is 0 Å². The Morgan fingerprint density at radius 1 is 1.09 bits per heavy atom. The average molecular weight is 305 g/mol. The highest BCUT2D eigenvalue weighted by atomic mass is 16.5. The summed E-state index contributed by atoms with van der Waals surface area (Å²) in [4.78, 5) is 2.46. The number of phenolic OH excluding ortho intramolecular Hbond substituents is 1. The third kappa shape index (κ3) is 4.70. The zero-order valence-electron chi connectivity index (χ0n) is 13.2. The van der Waals surface area contributed by atoms with Gasteiger partial charge in [-0.2, -0.15) is 0 Å². The Hall–Kier alpha value is -1.10. The number of rotatable bonds is 5. The van der Waals surface area contributed by atoms with Gasteiger partial charge >= 0.3 is 0 Å². The van der Waals surface area contributed by atoms with E-state index in [2.05, 4.69) is 4.90 Å². The number of benzene rings is 1. The molecule has 1 aromatic carbocycles. The van der Waals surface area contributed by atoms with Crippen molar-refractivity contribution in [1.29, 1.82) is 0 Å². The molecule has 0 radical (unpaired) electrons. The van der Waals surface area contributed by atoms with E-state index in [0.29, 0.717) is 18.0 Å². The van der Waals surface area contributed by atoms with Crippen molar-refractivity contribution >= 4 is 0 Å². The molecule has 0 spiro atoms. The molecule has 0 aromatic heterocycles. The van der Waals surface area contributed by atoms with E-state index in [0.717, 1.165) is 52.1 Å². The molecule has 0 aliphatic carbocycles. The number of hydrogen-bond donors (Lipinski definition) is 1. The molecule has 22 heavy (non-hydrogen) atoms. The highest BCUT2D eigenvalue weighted by Gasteiger charge is 2.22. The van der Waals surface area contributed by atoms with Crippen molar-refractivity contribution in [2.45, 2.75) is 50.9 Å². The molecule has 1 atom stereocenters. The van der Waals surface area contributed by atoms with Crippen LogP contribution < -0.4 is 0 Å². The number of nitrogens with zero attached hydrogens (tertiary/aromatic N) is 1. The maximum Gasteiger partial charge on any atom is 0.115 e. The number of aromatic hydroxyl groups is 1. The van der Waals surface area contributed by atoms with Crippen LogP contribution in [0.5, 0.6) is 5.75 Å². The molecular weight excluding hydrogens is 278 g/mol. The fourth-order valence-corrected chi connectivity index (χ4v) is 3.28. The first-order valence-corrected chi connectivity index (χ1v) is 8.53. The van der Waals surface area contributed by atoms with Gasteiger partial charge in [-0.05, 0) is 49.8 Å². The molecule has 2 saturated heterocycles. The first-order chi connectivity index (χ1) is 10.8. The van der Waals surface area contributed by atoms with Crippen LogP contribution in [0.2, 0.25) is 0 Å². The Bertz CT molecular complexity index is 434. The lowest BCUT2D eigenvalue weighted by atomic mass is 10.1. The third-order valence-corrected chi connectivity index (χ3v) is 4.67. The van der Waals surface area contributed by atoms with Gasteiger partial charge in [0.1, 0.15) is 5.75 Å². The van der Waals surface area contributed by atoms with Gasteiger partial charge in [0.2, 0.25) is 0 Å². The van der Waals surface area contributed by atoms with Crippen molar-refractivity contribution in [1.82, 2.24) is 4.90 Å². The van der Waals surface area contributed by atoms with E-state index >= 15 is 0 Å². The topological polar surface area (TPSA) is 41.9 Å². The standard InChI is InChI=1S/C18H27NO3/c20-16-6-4-15(5-7-16)13-19-10-8-17(9-11-19)22-14-18-3-1-2-12-21-18/h4-7,17-18,20H,1-3,8-14H2. The van der Waals surface area contributed by atoms with Crippen molar-refractivity contribution in [3.05, 3.63) is 29.8 Å². The fraction of sp³-hybridized carbons (Fsp3) is 0.667. The maximum atomic E-state index is 9.32. The number of hydrogen-bond acceptors (Lipinski definition) is 4. The van der Waals surface area contributed by atoms with Gasteiger partial charge in [0.15, 0.2) is 0 Å². The molecule has 0 saturated carbocycles. The molecule has 2 fully saturated rings. The first kappa shape index (κ1) is 15.8. The van der Waals surface area contributed by atoms with Crippen molar-refractivity contribution in [3.8, 4) is 5.75 Å². The van der Waals surface area contributed by atoms with Crippen LogP contribution in [0.15, 0.2) is 24.3 Å². The number of likely N-dealkylation sites (tertiary alicyclic amines) is 1. The van der Waals surface area contributed by atoms with Gasteiger partial charge in [0.25, 0.3) is 0 Å². The summed E-state index contributed by atoms with van der Waals surface area (Å²) >= 11 is 0. The summed E-state index contributed by atoms with van der Waals surface area (Å²) in [5.41, 5.74) is 1.26. The lowest BCUT2D eigenvalue weighted by Crippen LogP contribution is -2.38. The third-order valence-electron chi connectivity index (χ3n) is 4.67. The Kier molecular flexibility index (Phi) is 5.70. The summed E-state index contributed by atoms with van der Waals surface area (Å²) in [6.07, 6.45) is 6.55. The average Bonchev–Trinajstić information content (AvgIpc) is 2.57. The number of ether oxygens (including phenoxy) is 2. The molecule has 0 amide bonds. The summed E-state index contributed by atoms with van der Waals surface area (Å²) in [7, 11) is 0. The van der Waals surface area contributed by atoms with Crippen LogP contribution in [0, 0.1) is 0 Å². The zero-order valence-corrected chi connectivity index (χ0v) is 13.2. The molecule has 2 heterocycles. The SMILES string of the molecule is Oc1ccc(CN2CCC(OCC3CCCCO3)CC2)cc1. The van der Waals surface area contributed by atoms with Gasteiger partial charge in [-0.15, -0.1) is 0 Å². The predicted octanol–water partition coefficient (Wildman–Crippen LogP) is 2.94. The van der Waals surface area contributed by atoms with Gasteiger partial charge in [0, 0.05) is 26.2 Å². The first-order valence-electron chi connectivity index (χ1n) is 8.53. The highest BCUT2D eigenvalue weighted by Crippen LogP contribution is 2.19. The molecule has 0 bridgehead atoms. The van der Waals surface area contributed by atoms with E-state index in [1.54, 1.807) is 12.1 Å². The highest BCUT2D eigenvalue weighted by molar-refractivity contribution is 5.25. The Labute approximate surface area is 133 Å². The molecule has 4 nitrogen and oxygen atoms in total. The second-order valence-electron chi connectivity index (χ2n) is 6.46. The van der Waals surface area contributed by atoms with Gasteiger partial charge in [0.05, 0.1) is 18.8 Å². The number of phenols is 1. The van der Waals surface area contributed by atoms with Crippen LogP contribution in [-0.4, -0.2) is 48.5 Å². The molecule has 122 valence electrons. The molecule has 1 N–H and O–H groups in total. The predicted molar refractivity (Wildman–Crippen MR) is 85.9 cm³/mol. The summed E-state index contributed by atoms with van der Waals surface area (Å²) in [5, 5.41) is 9.32. The minimum absolute atomic E-state index is 0.323. The van der Waals surface area contributed by atoms with Crippen LogP contribution in [0.1, 0.15) is 37.7 Å². The van der Waals surface area contributed by atoms with E-state index in [4.69, 9.17) is 9.47 Å². The van der Waals surface area contributed by atoms with E-state index in [9.17, 15) is 5.11 Å². The van der Waals surface area contributed by atoms with E-state index in [1.807, 2.05) is 12.1 Å². The minimum Gasteiger partial charge on any atom is -0.508 e. The summed E-state index contributed by atoms with van der Waals surface area (Å²) in [6.45, 7) is 4.79. The molecule has 4 heteroatoms. The second kappa shape index (κ2) is 7.95.